The van der Waals surface area contributed by atoms with Crippen LogP contribution in [-0.2, 0) is 9.47 Å². The van der Waals surface area contributed by atoms with Crippen molar-refractivity contribution in [2.75, 3.05) is 13.2 Å². The second kappa shape index (κ2) is 3.43. The van der Waals surface area contributed by atoms with Gasteiger partial charge in [-0.1, -0.05) is 12.2 Å². The molecule has 0 saturated carbocycles. The standard InChI is InChI=1S/C7H10O2/c1-2-5-8-7-4-3-6-9-7/h2-4,7H,1,5-6H2. The Morgan fingerprint density at radius 1 is 1.89 bits per heavy atom. The van der Waals surface area contributed by atoms with Crippen LogP contribution in [0, 0.1) is 0 Å². The molecule has 9 heavy (non-hydrogen) atoms. The van der Waals surface area contributed by atoms with E-state index in [0.717, 1.165) is 0 Å². The van der Waals surface area contributed by atoms with Crippen molar-refractivity contribution in [3.63, 3.8) is 0 Å². The molecule has 0 amide bonds. The van der Waals surface area contributed by atoms with Crippen LogP contribution >= 0.6 is 0 Å². The van der Waals surface area contributed by atoms with Gasteiger partial charge in [-0.2, -0.15) is 0 Å². The maximum Gasteiger partial charge on any atom is 0.177 e. The van der Waals surface area contributed by atoms with E-state index in [1.54, 1.807) is 6.08 Å². The molecule has 1 heterocycles. The first-order chi connectivity index (χ1) is 4.43. The Morgan fingerprint density at radius 2 is 2.78 bits per heavy atom. The van der Waals surface area contributed by atoms with Crippen molar-refractivity contribution in [1.82, 2.24) is 0 Å². The van der Waals surface area contributed by atoms with Crippen molar-refractivity contribution < 1.29 is 9.47 Å². The third-order valence-corrected chi connectivity index (χ3v) is 1.03. The molecule has 0 aromatic heterocycles. The lowest BCUT2D eigenvalue weighted by atomic mass is 10.5. The second-order valence-electron chi connectivity index (χ2n) is 1.75. The van der Waals surface area contributed by atoms with E-state index in [0.29, 0.717) is 13.2 Å². The summed E-state index contributed by atoms with van der Waals surface area (Å²) in [5.41, 5.74) is 0. The van der Waals surface area contributed by atoms with Crippen molar-refractivity contribution in [3.8, 4) is 0 Å². The Hall–Kier alpha value is -0.600. The van der Waals surface area contributed by atoms with Crippen LogP contribution in [0.4, 0.5) is 0 Å². The average Bonchev–Trinajstić information content (AvgIpc) is 2.34. The summed E-state index contributed by atoms with van der Waals surface area (Å²) in [7, 11) is 0. The smallest absolute Gasteiger partial charge is 0.177 e. The Kier molecular flexibility index (Phi) is 2.48. The lowest BCUT2D eigenvalue weighted by molar-refractivity contribution is -0.0819. The zero-order chi connectivity index (χ0) is 6.53. The van der Waals surface area contributed by atoms with Gasteiger partial charge in [0, 0.05) is 0 Å². The molecular formula is C7H10O2. The maximum absolute atomic E-state index is 5.12. The molecule has 1 aliphatic heterocycles. The third-order valence-electron chi connectivity index (χ3n) is 1.03. The lowest BCUT2D eigenvalue weighted by Crippen LogP contribution is -2.09. The molecule has 1 atom stereocenters. The van der Waals surface area contributed by atoms with Gasteiger partial charge < -0.3 is 9.47 Å². The van der Waals surface area contributed by atoms with E-state index < -0.39 is 0 Å². The van der Waals surface area contributed by atoms with Gasteiger partial charge in [0.15, 0.2) is 6.29 Å². The fourth-order valence-corrected chi connectivity index (χ4v) is 0.639. The molecule has 0 aromatic rings. The van der Waals surface area contributed by atoms with E-state index in [-0.39, 0.29) is 6.29 Å². The first-order valence-electron chi connectivity index (χ1n) is 2.94. The quantitative estimate of drug-likeness (QED) is 0.527. The minimum absolute atomic E-state index is 0.136. The SMILES string of the molecule is C=CCOC1C=CCO1. The highest BCUT2D eigenvalue weighted by Crippen LogP contribution is 2.03. The van der Waals surface area contributed by atoms with Crippen molar-refractivity contribution in [2.45, 2.75) is 6.29 Å². The summed E-state index contributed by atoms with van der Waals surface area (Å²) in [6, 6.07) is 0. The number of hydrogen-bond donors (Lipinski definition) is 0. The highest BCUT2D eigenvalue weighted by Gasteiger charge is 2.06. The highest BCUT2D eigenvalue weighted by atomic mass is 16.7. The lowest BCUT2D eigenvalue weighted by Gasteiger charge is -2.06. The fraction of sp³-hybridized carbons (Fsp3) is 0.429. The van der Waals surface area contributed by atoms with Crippen molar-refractivity contribution in [2.24, 2.45) is 0 Å². The largest absolute Gasteiger partial charge is 0.345 e. The highest BCUT2D eigenvalue weighted by molar-refractivity contribution is 4.91. The maximum atomic E-state index is 5.12. The molecule has 0 fully saturated rings. The van der Waals surface area contributed by atoms with Gasteiger partial charge in [-0.15, -0.1) is 6.58 Å². The second-order valence-corrected chi connectivity index (χ2v) is 1.75. The molecule has 1 unspecified atom stereocenters. The van der Waals surface area contributed by atoms with Crippen LogP contribution < -0.4 is 0 Å². The molecule has 0 N–H and O–H groups in total. The van der Waals surface area contributed by atoms with Gasteiger partial charge in [0.05, 0.1) is 13.2 Å². The minimum Gasteiger partial charge on any atom is -0.345 e. The van der Waals surface area contributed by atoms with Gasteiger partial charge in [-0.05, 0) is 6.08 Å². The first-order valence-corrected chi connectivity index (χ1v) is 2.94. The van der Waals surface area contributed by atoms with E-state index in [1.165, 1.54) is 0 Å². The zero-order valence-corrected chi connectivity index (χ0v) is 5.25. The zero-order valence-electron chi connectivity index (χ0n) is 5.25. The summed E-state index contributed by atoms with van der Waals surface area (Å²) in [6.07, 6.45) is 5.40. The minimum atomic E-state index is -0.136. The number of ether oxygens (including phenoxy) is 2. The summed E-state index contributed by atoms with van der Waals surface area (Å²) in [5, 5.41) is 0. The van der Waals surface area contributed by atoms with Crippen LogP contribution in [-0.4, -0.2) is 19.5 Å². The Balaban J connectivity index is 2.12. The molecule has 0 aliphatic carbocycles. The third kappa shape index (κ3) is 2.00. The van der Waals surface area contributed by atoms with Gasteiger partial charge in [-0.3, -0.25) is 0 Å². The van der Waals surface area contributed by atoms with Crippen LogP contribution in [0.15, 0.2) is 24.8 Å². The summed E-state index contributed by atoms with van der Waals surface area (Å²) < 4.78 is 10.2. The van der Waals surface area contributed by atoms with Crippen LogP contribution in [0.5, 0.6) is 0 Å². The molecular weight excluding hydrogens is 116 g/mol. The molecule has 0 aromatic carbocycles. The molecule has 50 valence electrons. The Bertz CT molecular complexity index is 118. The van der Waals surface area contributed by atoms with Crippen LogP contribution in [0.25, 0.3) is 0 Å². The fourth-order valence-electron chi connectivity index (χ4n) is 0.639. The first kappa shape index (κ1) is 6.52. The van der Waals surface area contributed by atoms with Crippen molar-refractivity contribution >= 4 is 0 Å². The van der Waals surface area contributed by atoms with E-state index in [2.05, 4.69) is 6.58 Å². The topological polar surface area (TPSA) is 18.5 Å². The molecule has 0 radical (unpaired) electrons. The van der Waals surface area contributed by atoms with Gasteiger partial charge in [0.25, 0.3) is 0 Å². The summed E-state index contributed by atoms with van der Waals surface area (Å²) >= 11 is 0. The molecule has 0 spiro atoms. The van der Waals surface area contributed by atoms with E-state index >= 15 is 0 Å². The van der Waals surface area contributed by atoms with Gasteiger partial charge in [0.2, 0.25) is 0 Å². The van der Waals surface area contributed by atoms with Crippen molar-refractivity contribution in [1.29, 1.82) is 0 Å². The van der Waals surface area contributed by atoms with Gasteiger partial charge in [-0.25, -0.2) is 0 Å². The normalized spacial score (nSPS) is 24.7. The molecule has 1 aliphatic rings. The molecule has 2 nitrogen and oxygen atoms in total. The summed E-state index contributed by atoms with van der Waals surface area (Å²) in [6.45, 7) is 4.74. The van der Waals surface area contributed by atoms with Crippen molar-refractivity contribution in [3.05, 3.63) is 24.8 Å². The van der Waals surface area contributed by atoms with Crippen LogP contribution in [0.3, 0.4) is 0 Å². The van der Waals surface area contributed by atoms with Crippen LogP contribution in [0.1, 0.15) is 0 Å². The summed E-state index contributed by atoms with van der Waals surface area (Å²) in [5.74, 6) is 0. The monoisotopic (exact) mass is 126 g/mol. The Morgan fingerprint density at radius 3 is 3.33 bits per heavy atom. The predicted molar refractivity (Wildman–Crippen MR) is 35.0 cm³/mol. The number of hydrogen-bond acceptors (Lipinski definition) is 2. The van der Waals surface area contributed by atoms with Gasteiger partial charge >= 0.3 is 0 Å². The van der Waals surface area contributed by atoms with E-state index in [4.69, 9.17) is 9.47 Å². The van der Waals surface area contributed by atoms with Gasteiger partial charge in [0.1, 0.15) is 0 Å². The van der Waals surface area contributed by atoms with Crippen LogP contribution in [0.2, 0.25) is 0 Å². The average molecular weight is 126 g/mol. The summed E-state index contributed by atoms with van der Waals surface area (Å²) in [4.78, 5) is 0. The molecule has 0 saturated heterocycles. The van der Waals surface area contributed by atoms with E-state index in [9.17, 15) is 0 Å². The Labute approximate surface area is 54.8 Å². The van der Waals surface area contributed by atoms with E-state index in [1.807, 2.05) is 12.2 Å². The number of rotatable bonds is 3. The molecule has 1 rings (SSSR count). The predicted octanol–water partition coefficient (Wildman–Crippen LogP) is 1.10. The molecule has 2 heteroatoms. The molecule has 0 bridgehead atoms.